The lowest BCUT2D eigenvalue weighted by molar-refractivity contribution is -0.121. The van der Waals surface area contributed by atoms with E-state index in [1.54, 1.807) is 6.07 Å². The molecule has 4 aromatic rings. The number of ether oxygens (including phenoxy) is 1. The Labute approximate surface area is 178 Å². The summed E-state index contributed by atoms with van der Waals surface area (Å²) in [5.41, 5.74) is -0.0268. The van der Waals surface area contributed by atoms with Gasteiger partial charge < -0.3 is 23.7 Å². The van der Waals surface area contributed by atoms with Gasteiger partial charge in [-0.3, -0.25) is 14.2 Å². The van der Waals surface area contributed by atoms with E-state index in [1.165, 1.54) is 41.0 Å². The summed E-state index contributed by atoms with van der Waals surface area (Å²) in [7, 11) is 1.47. The first-order chi connectivity index (χ1) is 15.4. The molecule has 1 aliphatic heterocycles. The van der Waals surface area contributed by atoms with E-state index in [2.05, 4.69) is 15.1 Å². The lowest BCUT2D eigenvalue weighted by atomic mass is 10.2. The molecule has 0 radical (unpaired) electrons. The maximum atomic E-state index is 13.3. The van der Waals surface area contributed by atoms with Gasteiger partial charge in [0.05, 0.1) is 0 Å². The summed E-state index contributed by atoms with van der Waals surface area (Å²) in [6, 6.07) is 5.60. The van der Waals surface area contributed by atoms with Crippen LogP contribution in [0.1, 0.15) is 23.6 Å². The number of benzene rings is 1. The third kappa shape index (κ3) is 3.50. The molecule has 32 heavy (non-hydrogen) atoms. The lowest BCUT2D eigenvalue weighted by Crippen LogP contribution is -2.41. The molecule has 1 aliphatic rings. The Bertz CT molecular complexity index is 1390. The van der Waals surface area contributed by atoms with Crippen molar-refractivity contribution in [3.8, 4) is 5.88 Å². The minimum Gasteiger partial charge on any atom is -0.466 e. The highest BCUT2D eigenvalue weighted by atomic mass is 19.1. The van der Waals surface area contributed by atoms with Crippen LogP contribution >= 0.6 is 0 Å². The third-order valence-corrected chi connectivity index (χ3v) is 5.04. The summed E-state index contributed by atoms with van der Waals surface area (Å²) in [6.07, 6.45) is 0.159. The van der Waals surface area contributed by atoms with Gasteiger partial charge in [-0.25, -0.2) is 9.37 Å². The van der Waals surface area contributed by atoms with Crippen LogP contribution in [-0.2, 0) is 17.8 Å². The van der Waals surface area contributed by atoms with Crippen molar-refractivity contribution in [1.29, 1.82) is 0 Å². The average molecular weight is 441 g/mol. The average Bonchev–Trinajstić information content (AvgIpc) is 3.39. The number of aliphatic hydroxyl groups is 1. The molecule has 5 rings (SSSR count). The first-order valence-electron chi connectivity index (χ1n) is 9.56. The molecule has 3 aromatic heterocycles. The molecule has 0 spiro atoms. The molecule has 0 aliphatic carbocycles. The molecule has 1 aromatic carbocycles. The normalized spacial score (nSPS) is 14.5. The highest BCUT2D eigenvalue weighted by Gasteiger charge is 2.28. The zero-order valence-electron chi connectivity index (χ0n) is 16.7. The summed E-state index contributed by atoms with van der Waals surface area (Å²) in [4.78, 5) is 34.0. The molecule has 1 atom stereocenters. The largest absolute Gasteiger partial charge is 0.466 e. The second-order valence-corrected chi connectivity index (χ2v) is 7.23. The van der Waals surface area contributed by atoms with Gasteiger partial charge in [-0.15, -0.1) is 0 Å². The quantitative estimate of drug-likeness (QED) is 0.484. The molecule has 12 heteroatoms. The van der Waals surface area contributed by atoms with Crippen molar-refractivity contribution in [3.63, 3.8) is 0 Å². The van der Waals surface area contributed by atoms with Crippen molar-refractivity contribution in [2.75, 3.05) is 18.6 Å². The van der Waals surface area contributed by atoms with Gasteiger partial charge in [-0.2, -0.15) is 4.98 Å². The summed E-state index contributed by atoms with van der Waals surface area (Å²) < 4.78 is 30.5. The minimum absolute atomic E-state index is 0.0196. The molecule has 0 fully saturated rings. The molecule has 4 heterocycles. The van der Waals surface area contributed by atoms with E-state index < -0.39 is 17.5 Å². The molecule has 0 saturated heterocycles. The summed E-state index contributed by atoms with van der Waals surface area (Å²) >= 11 is 0. The van der Waals surface area contributed by atoms with Crippen LogP contribution in [0.25, 0.3) is 11.0 Å². The molecule has 0 bridgehead atoms. The fourth-order valence-corrected chi connectivity index (χ4v) is 3.38. The van der Waals surface area contributed by atoms with Gasteiger partial charge in [-0.05, 0) is 24.3 Å². The van der Waals surface area contributed by atoms with Crippen molar-refractivity contribution in [3.05, 3.63) is 64.2 Å². The van der Waals surface area contributed by atoms with Crippen LogP contribution in [-0.4, -0.2) is 44.4 Å². The number of likely N-dealkylation sites (N-methyl/N-ethyl adjacent to an activating group) is 1. The molecule has 1 N–H and O–H groups in total. The predicted octanol–water partition coefficient (Wildman–Crippen LogP) is 1.19. The molecule has 11 nitrogen and oxygen atoms in total. The van der Waals surface area contributed by atoms with E-state index in [1.807, 2.05) is 0 Å². The minimum atomic E-state index is -1.08. The van der Waals surface area contributed by atoms with Crippen molar-refractivity contribution >= 4 is 22.6 Å². The Morgan fingerprint density at radius 1 is 1.28 bits per heavy atom. The summed E-state index contributed by atoms with van der Waals surface area (Å²) in [6.45, 7) is -0.274. The number of halogens is 1. The van der Waals surface area contributed by atoms with Crippen molar-refractivity contribution in [2.24, 2.45) is 0 Å². The number of hydrogen-bond donors (Lipinski definition) is 1. The summed E-state index contributed by atoms with van der Waals surface area (Å²) in [5.74, 6) is -0.164. The van der Waals surface area contributed by atoms with Crippen molar-refractivity contribution < 1.29 is 28.0 Å². The fraction of sp³-hybridized carbons (Fsp3) is 0.250. The van der Waals surface area contributed by atoms with Crippen LogP contribution in [0.4, 0.5) is 10.1 Å². The number of rotatable bonds is 5. The topological polar surface area (TPSA) is 137 Å². The molecule has 0 unspecified atom stereocenters. The second-order valence-electron chi connectivity index (χ2n) is 7.23. The van der Waals surface area contributed by atoms with Crippen LogP contribution in [0.2, 0.25) is 0 Å². The van der Waals surface area contributed by atoms with E-state index in [9.17, 15) is 19.1 Å². The first-order valence-corrected chi connectivity index (χ1v) is 9.56. The van der Waals surface area contributed by atoms with E-state index in [0.717, 1.165) is 0 Å². The van der Waals surface area contributed by atoms with Gasteiger partial charge in [0.25, 0.3) is 11.5 Å². The Hall–Kier alpha value is -4.06. The second kappa shape index (κ2) is 7.57. The number of fused-ring (bicyclic) bond motifs is 2. The number of aromatic nitrogens is 4. The van der Waals surface area contributed by atoms with Gasteiger partial charge in [0.1, 0.15) is 36.1 Å². The summed E-state index contributed by atoms with van der Waals surface area (Å²) in [5, 5.41) is 14.8. The SMILES string of the molecule is CN1C(=O)COc2ncn(Cc3nc(C[C@H](O)c4cc5cc(F)ccc5o4)no3)c(=O)c21. The fourth-order valence-electron chi connectivity index (χ4n) is 3.38. The van der Waals surface area contributed by atoms with E-state index in [0.29, 0.717) is 11.0 Å². The third-order valence-electron chi connectivity index (χ3n) is 5.04. The smallest absolute Gasteiger partial charge is 0.281 e. The van der Waals surface area contributed by atoms with Crippen molar-refractivity contribution in [1.82, 2.24) is 19.7 Å². The number of anilines is 1. The van der Waals surface area contributed by atoms with Crippen LogP contribution in [0.5, 0.6) is 5.88 Å². The molecule has 0 saturated carbocycles. The number of nitrogens with zero attached hydrogens (tertiary/aromatic N) is 5. The maximum absolute atomic E-state index is 13.3. The standard InChI is InChI=1S/C20H16FN5O6/c1-25-17(28)8-30-19-18(25)20(29)26(9-22-19)7-16-23-15(24-32-16)6-12(27)14-5-10-4-11(21)2-3-13(10)31-14/h2-5,9,12,27H,6-8H2,1H3/t12-/m0/s1. The van der Waals surface area contributed by atoms with E-state index in [-0.39, 0.29) is 54.5 Å². The van der Waals surface area contributed by atoms with Crippen LogP contribution in [0, 0.1) is 5.82 Å². The molecule has 164 valence electrons. The highest BCUT2D eigenvalue weighted by molar-refractivity contribution is 5.96. The van der Waals surface area contributed by atoms with Gasteiger partial charge in [-0.1, -0.05) is 5.16 Å². The Balaban J connectivity index is 1.33. The number of amides is 1. The van der Waals surface area contributed by atoms with Gasteiger partial charge in [0.2, 0.25) is 11.8 Å². The number of carbonyl (C=O) groups excluding carboxylic acids is 1. The first kappa shape index (κ1) is 19.9. The Kier molecular flexibility index (Phi) is 4.70. The van der Waals surface area contributed by atoms with Gasteiger partial charge >= 0.3 is 0 Å². The maximum Gasteiger partial charge on any atom is 0.281 e. The monoisotopic (exact) mass is 441 g/mol. The Morgan fingerprint density at radius 3 is 2.97 bits per heavy atom. The number of furan rings is 1. The van der Waals surface area contributed by atoms with Gasteiger partial charge in [0.15, 0.2) is 18.1 Å². The highest BCUT2D eigenvalue weighted by Crippen LogP contribution is 2.27. The zero-order valence-corrected chi connectivity index (χ0v) is 16.7. The number of aliphatic hydroxyl groups excluding tert-OH is 1. The van der Waals surface area contributed by atoms with Crippen LogP contribution in [0.15, 0.2) is 44.3 Å². The predicted molar refractivity (Wildman–Crippen MR) is 106 cm³/mol. The van der Waals surface area contributed by atoms with Crippen LogP contribution < -0.4 is 15.2 Å². The molecule has 1 amide bonds. The Morgan fingerprint density at radius 2 is 2.12 bits per heavy atom. The number of hydrogen-bond acceptors (Lipinski definition) is 9. The lowest BCUT2D eigenvalue weighted by Gasteiger charge is -2.24. The zero-order chi connectivity index (χ0) is 22.4. The molecular formula is C20H16FN5O6. The number of carbonyl (C=O) groups is 1. The van der Waals surface area contributed by atoms with Gasteiger partial charge in [0, 0.05) is 18.9 Å². The molecular weight excluding hydrogens is 425 g/mol. The van der Waals surface area contributed by atoms with E-state index >= 15 is 0 Å². The van der Waals surface area contributed by atoms with Crippen LogP contribution in [0.3, 0.4) is 0 Å². The van der Waals surface area contributed by atoms with Crippen molar-refractivity contribution in [2.45, 2.75) is 19.1 Å². The van der Waals surface area contributed by atoms with E-state index in [4.69, 9.17) is 13.7 Å².